The molecule has 0 radical (unpaired) electrons. The molecule has 0 saturated heterocycles. The average molecular weight is 255 g/mol. The van der Waals surface area contributed by atoms with Gasteiger partial charge in [0.25, 0.3) is 0 Å². The van der Waals surface area contributed by atoms with Crippen molar-refractivity contribution in [2.24, 2.45) is 17.6 Å². The van der Waals surface area contributed by atoms with Gasteiger partial charge in [0.15, 0.2) is 0 Å². The van der Waals surface area contributed by atoms with Crippen molar-refractivity contribution in [3.8, 4) is 0 Å². The molecule has 0 aliphatic heterocycles. The van der Waals surface area contributed by atoms with Gasteiger partial charge in [-0.25, -0.2) is 0 Å². The lowest BCUT2D eigenvalue weighted by Crippen LogP contribution is -2.36. The molecular formula is C16H33NO. The van der Waals surface area contributed by atoms with Crippen LogP contribution in [0.3, 0.4) is 0 Å². The second-order valence-electron chi connectivity index (χ2n) is 5.91. The van der Waals surface area contributed by atoms with E-state index in [1.54, 1.807) is 0 Å². The minimum atomic E-state index is 0.444. The van der Waals surface area contributed by atoms with Crippen LogP contribution in [0.15, 0.2) is 0 Å². The van der Waals surface area contributed by atoms with Crippen LogP contribution in [0.5, 0.6) is 0 Å². The Morgan fingerprint density at radius 3 is 2.50 bits per heavy atom. The first-order chi connectivity index (χ1) is 8.81. The summed E-state index contributed by atoms with van der Waals surface area (Å²) in [4.78, 5) is 0. The molecule has 0 amide bonds. The lowest BCUT2D eigenvalue weighted by molar-refractivity contribution is -0.0251. The van der Waals surface area contributed by atoms with Gasteiger partial charge >= 0.3 is 0 Å². The number of rotatable bonds is 9. The van der Waals surface area contributed by atoms with Crippen LogP contribution in [0.4, 0.5) is 0 Å². The van der Waals surface area contributed by atoms with E-state index in [0.29, 0.717) is 12.0 Å². The van der Waals surface area contributed by atoms with E-state index in [9.17, 15) is 0 Å². The summed E-state index contributed by atoms with van der Waals surface area (Å²) in [7, 11) is 0. The van der Waals surface area contributed by atoms with Crippen molar-refractivity contribution in [3.63, 3.8) is 0 Å². The summed E-state index contributed by atoms with van der Waals surface area (Å²) in [5, 5.41) is 0. The van der Waals surface area contributed by atoms with Crippen LogP contribution in [0.1, 0.15) is 71.6 Å². The topological polar surface area (TPSA) is 35.2 Å². The van der Waals surface area contributed by atoms with Crippen LogP contribution in [-0.2, 0) is 4.74 Å². The first kappa shape index (κ1) is 16.0. The second-order valence-corrected chi connectivity index (χ2v) is 5.91. The minimum absolute atomic E-state index is 0.444. The van der Waals surface area contributed by atoms with Crippen LogP contribution in [0.2, 0.25) is 0 Å². The fourth-order valence-corrected chi connectivity index (χ4v) is 3.06. The van der Waals surface area contributed by atoms with Gasteiger partial charge in [0.1, 0.15) is 0 Å². The Morgan fingerprint density at radius 2 is 1.83 bits per heavy atom. The SMILES string of the molecule is CCCCCCCOC1CC(CC)CCC1CN. The van der Waals surface area contributed by atoms with Gasteiger partial charge in [-0.2, -0.15) is 0 Å². The Balaban J connectivity index is 2.16. The van der Waals surface area contributed by atoms with Gasteiger partial charge in [0.2, 0.25) is 0 Å². The fraction of sp³-hybridized carbons (Fsp3) is 1.00. The number of hydrogen-bond donors (Lipinski definition) is 1. The summed E-state index contributed by atoms with van der Waals surface area (Å²) < 4.78 is 6.12. The molecule has 0 heterocycles. The fourth-order valence-electron chi connectivity index (χ4n) is 3.06. The molecule has 0 aromatic carbocycles. The van der Waals surface area contributed by atoms with Crippen molar-refractivity contribution < 1.29 is 4.74 Å². The van der Waals surface area contributed by atoms with E-state index in [1.165, 1.54) is 57.8 Å². The summed E-state index contributed by atoms with van der Waals surface area (Å²) in [5.74, 6) is 1.49. The molecule has 0 aromatic heterocycles. The lowest BCUT2D eigenvalue weighted by atomic mass is 9.78. The van der Waals surface area contributed by atoms with Gasteiger partial charge < -0.3 is 10.5 Å². The highest BCUT2D eigenvalue weighted by Gasteiger charge is 2.29. The molecule has 2 nitrogen and oxygen atoms in total. The molecule has 3 atom stereocenters. The van der Waals surface area contributed by atoms with Gasteiger partial charge in [0, 0.05) is 6.61 Å². The van der Waals surface area contributed by atoms with E-state index in [2.05, 4.69) is 13.8 Å². The second kappa shape index (κ2) is 9.80. The first-order valence-electron chi connectivity index (χ1n) is 8.13. The highest BCUT2D eigenvalue weighted by molar-refractivity contribution is 4.81. The van der Waals surface area contributed by atoms with Gasteiger partial charge in [0.05, 0.1) is 6.10 Å². The number of ether oxygens (including phenoxy) is 1. The third kappa shape index (κ3) is 5.71. The highest BCUT2D eigenvalue weighted by Crippen LogP contribution is 2.32. The first-order valence-corrected chi connectivity index (χ1v) is 8.13. The average Bonchev–Trinajstić information content (AvgIpc) is 2.42. The Morgan fingerprint density at radius 1 is 1.06 bits per heavy atom. The molecule has 3 unspecified atom stereocenters. The summed E-state index contributed by atoms with van der Waals surface area (Å²) in [5.41, 5.74) is 5.87. The van der Waals surface area contributed by atoms with E-state index in [1.807, 2.05) is 0 Å². The van der Waals surface area contributed by atoms with Crippen molar-refractivity contribution in [1.82, 2.24) is 0 Å². The molecule has 0 bridgehead atoms. The minimum Gasteiger partial charge on any atom is -0.378 e. The van der Waals surface area contributed by atoms with Crippen LogP contribution in [0, 0.1) is 11.8 Å². The van der Waals surface area contributed by atoms with Gasteiger partial charge in [-0.3, -0.25) is 0 Å². The molecule has 1 fully saturated rings. The van der Waals surface area contributed by atoms with Crippen molar-refractivity contribution >= 4 is 0 Å². The molecule has 108 valence electrons. The molecule has 0 aromatic rings. The van der Waals surface area contributed by atoms with Gasteiger partial charge in [-0.05, 0) is 44.1 Å². The number of unbranched alkanes of at least 4 members (excludes halogenated alkanes) is 4. The van der Waals surface area contributed by atoms with Crippen LogP contribution in [0.25, 0.3) is 0 Å². The van der Waals surface area contributed by atoms with Crippen molar-refractivity contribution in [3.05, 3.63) is 0 Å². The zero-order chi connectivity index (χ0) is 13.2. The Kier molecular flexibility index (Phi) is 8.70. The molecule has 2 N–H and O–H groups in total. The molecule has 18 heavy (non-hydrogen) atoms. The number of nitrogens with two attached hydrogens (primary N) is 1. The van der Waals surface area contributed by atoms with E-state index >= 15 is 0 Å². The molecule has 1 aliphatic carbocycles. The predicted octanol–water partition coefficient (Wildman–Crippen LogP) is 4.13. The normalized spacial score (nSPS) is 28.5. The Labute approximate surface area is 114 Å². The van der Waals surface area contributed by atoms with Gasteiger partial charge in [-0.1, -0.05) is 46.0 Å². The number of hydrogen-bond acceptors (Lipinski definition) is 2. The monoisotopic (exact) mass is 255 g/mol. The third-order valence-corrected chi connectivity index (χ3v) is 4.50. The standard InChI is InChI=1S/C16H33NO/c1-3-5-6-7-8-11-18-16-12-14(4-2)9-10-15(16)13-17/h14-16H,3-13,17H2,1-2H3. The smallest absolute Gasteiger partial charge is 0.0617 e. The van der Waals surface area contributed by atoms with Crippen molar-refractivity contribution in [1.29, 1.82) is 0 Å². The zero-order valence-corrected chi connectivity index (χ0v) is 12.5. The molecular weight excluding hydrogens is 222 g/mol. The lowest BCUT2D eigenvalue weighted by Gasteiger charge is -2.35. The maximum Gasteiger partial charge on any atom is 0.0617 e. The summed E-state index contributed by atoms with van der Waals surface area (Å²) in [6, 6.07) is 0. The van der Waals surface area contributed by atoms with E-state index in [-0.39, 0.29) is 0 Å². The van der Waals surface area contributed by atoms with Crippen LogP contribution < -0.4 is 5.73 Å². The zero-order valence-electron chi connectivity index (χ0n) is 12.5. The van der Waals surface area contributed by atoms with E-state index < -0.39 is 0 Å². The molecule has 1 saturated carbocycles. The van der Waals surface area contributed by atoms with E-state index in [0.717, 1.165) is 19.1 Å². The Bertz CT molecular complexity index is 196. The molecule has 2 heteroatoms. The van der Waals surface area contributed by atoms with Crippen molar-refractivity contribution in [2.45, 2.75) is 77.7 Å². The maximum atomic E-state index is 6.12. The summed E-state index contributed by atoms with van der Waals surface area (Å²) >= 11 is 0. The quantitative estimate of drug-likeness (QED) is 0.629. The molecule has 1 aliphatic rings. The predicted molar refractivity (Wildman–Crippen MR) is 78.7 cm³/mol. The third-order valence-electron chi connectivity index (χ3n) is 4.50. The summed E-state index contributed by atoms with van der Waals surface area (Å²) in [6.07, 6.45) is 12.2. The molecule has 1 rings (SSSR count). The van der Waals surface area contributed by atoms with Gasteiger partial charge in [-0.15, -0.1) is 0 Å². The highest BCUT2D eigenvalue weighted by atomic mass is 16.5. The van der Waals surface area contributed by atoms with E-state index in [4.69, 9.17) is 10.5 Å². The summed E-state index contributed by atoms with van der Waals surface area (Å²) in [6.45, 7) is 6.31. The maximum absolute atomic E-state index is 6.12. The van der Waals surface area contributed by atoms with Crippen LogP contribution in [-0.4, -0.2) is 19.3 Å². The Hall–Kier alpha value is -0.0800. The largest absolute Gasteiger partial charge is 0.378 e. The van der Waals surface area contributed by atoms with Crippen LogP contribution >= 0.6 is 0 Å². The molecule has 0 spiro atoms. The van der Waals surface area contributed by atoms with Crippen molar-refractivity contribution in [2.75, 3.05) is 13.2 Å².